The minimum absolute atomic E-state index is 0.0172. The third-order valence-electron chi connectivity index (χ3n) is 4.93. The molecule has 0 aromatic carbocycles. The van der Waals surface area contributed by atoms with Gasteiger partial charge in [0.05, 0.1) is 12.1 Å². The molecule has 2 unspecified atom stereocenters. The standard InChI is InChI=1S/C14H23N3O7S/c18-13(15-23-11-5-3-1-2-4-6-11)12-8-7-10-9-16(12)14(19)17(10)24-25(20,21)22/h10-12H,1-9H2,(H,15,18)(H,20,21,22). The molecule has 1 aliphatic carbocycles. The maximum Gasteiger partial charge on any atom is 0.418 e. The molecule has 2 bridgehead atoms. The van der Waals surface area contributed by atoms with Gasteiger partial charge in [0, 0.05) is 6.54 Å². The van der Waals surface area contributed by atoms with Crippen LogP contribution in [0.1, 0.15) is 51.4 Å². The van der Waals surface area contributed by atoms with Crippen LogP contribution in [-0.4, -0.2) is 59.6 Å². The number of nitrogens with one attached hydrogen (secondary N) is 1. The number of fused-ring (bicyclic) bond motifs is 2. The molecule has 0 aromatic rings. The van der Waals surface area contributed by atoms with Gasteiger partial charge in [-0.25, -0.2) is 10.3 Å². The largest absolute Gasteiger partial charge is 0.418 e. The Kier molecular flexibility index (Phi) is 5.46. The van der Waals surface area contributed by atoms with E-state index in [1.54, 1.807) is 0 Å². The average Bonchev–Trinajstić information content (AvgIpc) is 2.77. The molecule has 142 valence electrons. The summed E-state index contributed by atoms with van der Waals surface area (Å²) in [6.45, 7) is 0.163. The predicted molar refractivity (Wildman–Crippen MR) is 84.1 cm³/mol. The van der Waals surface area contributed by atoms with Crippen LogP contribution in [-0.2, 0) is 24.3 Å². The Morgan fingerprint density at radius 1 is 1.12 bits per heavy atom. The van der Waals surface area contributed by atoms with Gasteiger partial charge in [-0.2, -0.15) is 13.5 Å². The van der Waals surface area contributed by atoms with Gasteiger partial charge < -0.3 is 4.90 Å². The molecule has 2 aliphatic heterocycles. The van der Waals surface area contributed by atoms with Crippen molar-refractivity contribution in [2.75, 3.05) is 6.54 Å². The zero-order valence-electron chi connectivity index (χ0n) is 13.8. The van der Waals surface area contributed by atoms with E-state index in [9.17, 15) is 18.0 Å². The molecule has 2 N–H and O–H groups in total. The summed E-state index contributed by atoms with van der Waals surface area (Å²) in [4.78, 5) is 31.4. The molecular weight excluding hydrogens is 354 g/mol. The van der Waals surface area contributed by atoms with E-state index >= 15 is 0 Å². The van der Waals surface area contributed by atoms with Crippen molar-refractivity contribution in [3.8, 4) is 0 Å². The van der Waals surface area contributed by atoms with Crippen molar-refractivity contribution in [2.24, 2.45) is 0 Å². The Bertz CT molecular complexity index is 618. The Hall–Kier alpha value is -1.43. The first-order valence-electron chi connectivity index (χ1n) is 8.57. The van der Waals surface area contributed by atoms with Gasteiger partial charge in [0.2, 0.25) is 0 Å². The Labute approximate surface area is 146 Å². The lowest BCUT2D eigenvalue weighted by atomic mass is 10.0. The lowest BCUT2D eigenvalue weighted by Gasteiger charge is -2.29. The van der Waals surface area contributed by atoms with Crippen molar-refractivity contribution in [2.45, 2.75) is 69.6 Å². The van der Waals surface area contributed by atoms with Crippen LogP contribution >= 0.6 is 0 Å². The molecule has 2 heterocycles. The molecule has 2 saturated heterocycles. The van der Waals surface area contributed by atoms with E-state index in [-0.39, 0.29) is 12.6 Å². The molecule has 11 heteroatoms. The van der Waals surface area contributed by atoms with Crippen molar-refractivity contribution in [1.82, 2.24) is 15.4 Å². The Morgan fingerprint density at radius 2 is 1.80 bits per heavy atom. The second kappa shape index (κ2) is 7.44. The third kappa shape index (κ3) is 4.40. The topological polar surface area (TPSA) is 125 Å². The second-order valence-electron chi connectivity index (χ2n) is 6.71. The fourth-order valence-electron chi connectivity index (χ4n) is 3.67. The predicted octanol–water partition coefficient (Wildman–Crippen LogP) is 0.760. The molecule has 3 fully saturated rings. The zero-order valence-corrected chi connectivity index (χ0v) is 14.6. The first-order valence-corrected chi connectivity index (χ1v) is 9.94. The van der Waals surface area contributed by atoms with Gasteiger partial charge in [0.25, 0.3) is 5.91 Å². The quantitative estimate of drug-likeness (QED) is 0.411. The number of hydrogen-bond donors (Lipinski definition) is 2. The smallest absolute Gasteiger partial charge is 0.309 e. The number of nitrogens with zero attached hydrogens (tertiary/aromatic N) is 2. The summed E-state index contributed by atoms with van der Waals surface area (Å²) in [5, 5.41) is 0.620. The van der Waals surface area contributed by atoms with Crippen molar-refractivity contribution in [3.63, 3.8) is 0 Å². The second-order valence-corrected chi connectivity index (χ2v) is 7.71. The summed E-state index contributed by atoms with van der Waals surface area (Å²) in [5.41, 5.74) is 2.46. The first-order chi connectivity index (χ1) is 11.8. The van der Waals surface area contributed by atoms with E-state index in [1.165, 1.54) is 17.7 Å². The van der Waals surface area contributed by atoms with Crippen LogP contribution in [0.3, 0.4) is 0 Å². The summed E-state index contributed by atoms with van der Waals surface area (Å²) < 4.78 is 34.8. The van der Waals surface area contributed by atoms with Crippen LogP contribution in [0.2, 0.25) is 0 Å². The molecule has 3 rings (SSSR count). The number of urea groups is 1. The van der Waals surface area contributed by atoms with Crippen LogP contribution in [0.25, 0.3) is 0 Å². The van der Waals surface area contributed by atoms with Crippen molar-refractivity contribution in [1.29, 1.82) is 0 Å². The third-order valence-corrected chi connectivity index (χ3v) is 5.28. The van der Waals surface area contributed by atoms with Gasteiger partial charge in [-0.15, -0.1) is 4.28 Å². The van der Waals surface area contributed by atoms with E-state index in [2.05, 4.69) is 9.76 Å². The number of carbonyl (C=O) groups excluding carboxylic acids is 2. The minimum Gasteiger partial charge on any atom is -0.309 e. The number of hydroxylamine groups is 3. The summed E-state index contributed by atoms with van der Waals surface area (Å²) in [6.07, 6.45) is 7.00. The number of hydrogen-bond acceptors (Lipinski definition) is 6. The maximum absolute atomic E-state index is 12.4. The van der Waals surface area contributed by atoms with Crippen LogP contribution < -0.4 is 5.48 Å². The lowest BCUT2D eigenvalue weighted by molar-refractivity contribution is -0.144. The highest BCUT2D eigenvalue weighted by Crippen LogP contribution is 2.30. The van der Waals surface area contributed by atoms with Crippen molar-refractivity contribution < 1.29 is 31.7 Å². The highest BCUT2D eigenvalue weighted by Gasteiger charge is 2.49. The summed E-state index contributed by atoms with van der Waals surface area (Å²) in [7, 11) is -4.79. The lowest BCUT2D eigenvalue weighted by Crippen LogP contribution is -2.50. The number of piperidine rings is 1. The monoisotopic (exact) mass is 377 g/mol. The molecule has 10 nitrogen and oxygen atoms in total. The average molecular weight is 377 g/mol. The molecule has 2 atom stereocenters. The van der Waals surface area contributed by atoms with Gasteiger partial charge in [0.1, 0.15) is 6.04 Å². The molecule has 25 heavy (non-hydrogen) atoms. The first kappa shape index (κ1) is 18.4. The SMILES string of the molecule is O=C(NOC1CCCCCC1)C1CCC2CN1C(=O)N2OS(=O)(=O)O. The molecule has 3 amide bonds. The highest BCUT2D eigenvalue weighted by atomic mass is 32.3. The van der Waals surface area contributed by atoms with Gasteiger partial charge >= 0.3 is 16.4 Å². The highest BCUT2D eigenvalue weighted by molar-refractivity contribution is 7.80. The van der Waals surface area contributed by atoms with E-state index in [0.29, 0.717) is 17.9 Å². The van der Waals surface area contributed by atoms with Gasteiger partial charge in [0.15, 0.2) is 0 Å². The Balaban J connectivity index is 1.56. The van der Waals surface area contributed by atoms with Gasteiger partial charge in [-0.1, -0.05) is 25.7 Å². The van der Waals surface area contributed by atoms with Crippen LogP contribution in [0.5, 0.6) is 0 Å². The minimum atomic E-state index is -4.79. The summed E-state index contributed by atoms with van der Waals surface area (Å²) in [5.74, 6) is -0.426. The number of carbonyl (C=O) groups is 2. The van der Waals surface area contributed by atoms with E-state index in [1.807, 2.05) is 0 Å². The number of amides is 3. The summed E-state index contributed by atoms with van der Waals surface area (Å²) in [6, 6.07) is -2.01. The van der Waals surface area contributed by atoms with Crippen molar-refractivity contribution in [3.05, 3.63) is 0 Å². The molecule has 0 radical (unpaired) electrons. The molecule has 3 aliphatic rings. The van der Waals surface area contributed by atoms with E-state index in [4.69, 9.17) is 9.39 Å². The van der Waals surface area contributed by atoms with E-state index < -0.39 is 34.4 Å². The zero-order chi connectivity index (χ0) is 18.0. The van der Waals surface area contributed by atoms with Gasteiger partial charge in [-0.05, 0) is 25.7 Å². The molecule has 0 aromatic heterocycles. The van der Waals surface area contributed by atoms with Gasteiger partial charge in [-0.3, -0.25) is 14.2 Å². The van der Waals surface area contributed by atoms with Crippen molar-refractivity contribution >= 4 is 22.3 Å². The molecular formula is C14H23N3O7S. The maximum atomic E-state index is 12.4. The normalized spacial score (nSPS) is 28.1. The van der Waals surface area contributed by atoms with Crippen LogP contribution in [0.4, 0.5) is 4.79 Å². The van der Waals surface area contributed by atoms with Crippen LogP contribution in [0.15, 0.2) is 0 Å². The summed E-state index contributed by atoms with van der Waals surface area (Å²) >= 11 is 0. The van der Waals surface area contributed by atoms with Crippen LogP contribution in [0, 0.1) is 0 Å². The fourth-order valence-corrected chi connectivity index (χ4v) is 4.06. The van der Waals surface area contributed by atoms with E-state index in [0.717, 1.165) is 25.7 Å². The Morgan fingerprint density at radius 3 is 2.44 bits per heavy atom. The number of rotatable bonds is 5. The molecule has 1 saturated carbocycles. The fraction of sp³-hybridized carbons (Fsp3) is 0.857. The molecule has 0 spiro atoms.